The Hall–Kier alpha value is -4.04. The van der Waals surface area contributed by atoms with Crippen molar-refractivity contribution in [1.82, 2.24) is 14.9 Å². The molecule has 20 heteroatoms. The highest BCUT2D eigenvalue weighted by atomic mass is 19.4. The molecule has 1 spiro atoms. The number of likely N-dealkylation sites (tertiary alicyclic amines) is 1. The van der Waals surface area contributed by atoms with Gasteiger partial charge in [-0.25, -0.2) is 14.4 Å². The van der Waals surface area contributed by atoms with Gasteiger partial charge in [0.2, 0.25) is 0 Å². The summed E-state index contributed by atoms with van der Waals surface area (Å²) in [6.45, 7) is 5.39. The van der Waals surface area contributed by atoms with Gasteiger partial charge >= 0.3 is 36.4 Å². The number of hydrogen-bond acceptors (Lipinski definition) is 8. The molecule has 0 amide bonds. The van der Waals surface area contributed by atoms with E-state index in [2.05, 4.69) is 20.9 Å². The smallest absolute Gasteiger partial charge is 0.475 e. The largest absolute Gasteiger partial charge is 0.490 e. The van der Waals surface area contributed by atoms with E-state index in [0.29, 0.717) is 18.6 Å². The van der Waals surface area contributed by atoms with Gasteiger partial charge in [0.05, 0.1) is 31.6 Å². The van der Waals surface area contributed by atoms with Crippen LogP contribution in [0.2, 0.25) is 0 Å². The number of aromatic nitrogens is 2. The lowest BCUT2D eigenvalue weighted by molar-refractivity contribution is -0.193. The van der Waals surface area contributed by atoms with E-state index in [1.807, 2.05) is 36.7 Å². The van der Waals surface area contributed by atoms with Gasteiger partial charge in [0, 0.05) is 25.1 Å². The molecule has 2 aromatic rings. The molecular formula is C27H30F9N3O8. The lowest BCUT2D eigenvalue weighted by atomic mass is 9.76. The van der Waals surface area contributed by atoms with E-state index in [9.17, 15) is 39.5 Å². The Bertz CT molecular complexity index is 1180. The zero-order valence-corrected chi connectivity index (χ0v) is 24.2. The molecule has 2 aromatic heterocycles. The summed E-state index contributed by atoms with van der Waals surface area (Å²) >= 11 is 0. The van der Waals surface area contributed by atoms with E-state index in [1.165, 1.54) is 18.4 Å². The first-order chi connectivity index (χ1) is 21.6. The average molecular weight is 696 g/mol. The average Bonchev–Trinajstić information content (AvgIpc) is 3.37. The van der Waals surface area contributed by atoms with Gasteiger partial charge in [0.25, 0.3) is 0 Å². The summed E-state index contributed by atoms with van der Waals surface area (Å²) in [4.78, 5) is 37.7. The number of carbonyl (C=O) groups is 3. The van der Waals surface area contributed by atoms with Crippen LogP contribution in [0.4, 0.5) is 39.5 Å². The topological polar surface area (TPSA) is 159 Å². The molecule has 3 N–H and O–H groups in total. The van der Waals surface area contributed by atoms with Crippen LogP contribution in [0.1, 0.15) is 30.5 Å². The highest BCUT2D eigenvalue weighted by Crippen LogP contribution is 2.42. The molecule has 47 heavy (non-hydrogen) atoms. The highest BCUT2D eigenvalue weighted by Gasteiger charge is 2.42. The number of nitrogens with zero attached hydrogens (tertiary/aromatic N) is 3. The third-order valence-corrected chi connectivity index (χ3v) is 6.34. The Labute approximate surface area is 260 Å². The van der Waals surface area contributed by atoms with Gasteiger partial charge in [0.1, 0.15) is 0 Å². The van der Waals surface area contributed by atoms with Crippen LogP contribution in [0, 0.1) is 5.41 Å². The molecule has 0 radical (unpaired) electrons. The summed E-state index contributed by atoms with van der Waals surface area (Å²) in [6.07, 6.45) is -5.87. The molecule has 4 rings (SSSR count). The second-order valence-corrected chi connectivity index (χ2v) is 10.0. The first-order valence-electron chi connectivity index (χ1n) is 13.3. The fourth-order valence-electron chi connectivity index (χ4n) is 4.06. The molecule has 11 nitrogen and oxygen atoms in total. The summed E-state index contributed by atoms with van der Waals surface area (Å²) < 4.78 is 107. The van der Waals surface area contributed by atoms with E-state index in [1.54, 1.807) is 6.20 Å². The van der Waals surface area contributed by atoms with Crippen molar-refractivity contribution in [3.8, 4) is 0 Å². The van der Waals surface area contributed by atoms with Crippen molar-refractivity contribution >= 4 is 17.9 Å². The van der Waals surface area contributed by atoms with Gasteiger partial charge in [-0.2, -0.15) is 39.5 Å². The number of alkyl halides is 9. The van der Waals surface area contributed by atoms with Crippen LogP contribution >= 0.6 is 0 Å². The van der Waals surface area contributed by atoms with Crippen molar-refractivity contribution in [2.24, 2.45) is 5.41 Å². The number of ether oxygens (including phenoxy) is 2. The van der Waals surface area contributed by atoms with Gasteiger partial charge in [-0.15, -0.1) is 0 Å². The maximum Gasteiger partial charge on any atom is 0.490 e. The SMILES string of the molecule is O=C(O)C(F)(F)F.O=C(O)C(F)(F)F.O=C(O)C(F)(F)F.c1ccc(COCC2CC3(CCN(Cc4cccnc4)CC3)CO2)nc1. The van der Waals surface area contributed by atoms with Crippen LogP contribution in [0.15, 0.2) is 48.9 Å². The van der Waals surface area contributed by atoms with Gasteiger partial charge in [0.15, 0.2) is 0 Å². The van der Waals surface area contributed by atoms with Crippen molar-refractivity contribution < 1.29 is 78.7 Å². The second-order valence-electron chi connectivity index (χ2n) is 10.0. The number of carboxylic acid groups (broad SMARTS) is 3. The minimum atomic E-state index is -5.08. The molecule has 0 aromatic carbocycles. The Balaban J connectivity index is 0.000000430. The molecular weight excluding hydrogens is 665 g/mol. The Kier molecular flexibility index (Phi) is 16.0. The third kappa shape index (κ3) is 16.9. The number of hydrogen-bond donors (Lipinski definition) is 3. The molecule has 0 aliphatic carbocycles. The van der Waals surface area contributed by atoms with Crippen LogP contribution < -0.4 is 0 Å². The molecule has 2 saturated heterocycles. The Morgan fingerprint density at radius 1 is 0.851 bits per heavy atom. The van der Waals surface area contributed by atoms with Crippen LogP contribution in [0.5, 0.6) is 0 Å². The van der Waals surface area contributed by atoms with E-state index >= 15 is 0 Å². The van der Waals surface area contributed by atoms with Crippen LogP contribution in [-0.2, 0) is 37.0 Å². The zero-order chi connectivity index (χ0) is 35.9. The van der Waals surface area contributed by atoms with Crippen molar-refractivity contribution in [3.63, 3.8) is 0 Å². The van der Waals surface area contributed by atoms with Crippen LogP contribution in [0.25, 0.3) is 0 Å². The maximum atomic E-state index is 10.6. The van der Waals surface area contributed by atoms with E-state index in [-0.39, 0.29) is 6.10 Å². The lowest BCUT2D eigenvalue weighted by Crippen LogP contribution is -2.40. The summed E-state index contributed by atoms with van der Waals surface area (Å²) in [6, 6.07) is 10.1. The number of piperidine rings is 1. The number of rotatable bonds is 6. The summed E-state index contributed by atoms with van der Waals surface area (Å²) in [5.41, 5.74) is 2.63. The fourth-order valence-corrected chi connectivity index (χ4v) is 4.06. The van der Waals surface area contributed by atoms with Crippen LogP contribution in [0.3, 0.4) is 0 Å². The highest BCUT2D eigenvalue weighted by molar-refractivity contribution is 5.73. The molecule has 2 aliphatic heterocycles. The summed E-state index contributed by atoms with van der Waals surface area (Å²) in [7, 11) is 0. The lowest BCUT2D eigenvalue weighted by Gasteiger charge is -2.38. The third-order valence-electron chi connectivity index (χ3n) is 6.34. The van der Waals surface area contributed by atoms with Crippen LogP contribution in [-0.4, -0.2) is 99.0 Å². The normalized spacial score (nSPS) is 17.6. The molecule has 4 heterocycles. The predicted molar refractivity (Wildman–Crippen MR) is 141 cm³/mol. The molecule has 1 atom stereocenters. The molecule has 1 unspecified atom stereocenters. The maximum absolute atomic E-state index is 10.6. The quantitative estimate of drug-likeness (QED) is 0.351. The van der Waals surface area contributed by atoms with Gasteiger partial charge in [-0.05, 0) is 61.5 Å². The Morgan fingerprint density at radius 3 is 1.81 bits per heavy atom. The van der Waals surface area contributed by atoms with E-state index in [0.717, 1.165) is 38.4 Å². The molecule has 0 bridgehead atoms. The monoisotopic (exact) mass is 695 g/mol. The number of aliphatic carboxylic acids is 3. The minimum Gasteiger partial charge on any atom is -0.475 e. The van der Waals surface area contributed by atoms with Gasteiger partial charge < -0.3 is 24.8 Å². The number of carboxylic acids is 3. The predicted octanol–water partition coefficient (Wildman–Crippen LogP) is 4.96. The second kappa shape index (κ2) is 18.3. The van der Waals surface area contributed by atoms with Crippen molar-refractivity contribution in [2.75, 3.05) is 26.3 Å². The van der Waals surface area contributed by atoms with Crippen molar-refractivity contribution in [2.45, 2.75) is 57.0 Å². The number of pyridine rings is 2. The van der Waals surface area contributed by atoms with E-state index in [4.69, 9.17) is 39.2 Å². The molecule has 2 aliphatic rings. The first kappa shape index (κ1) is 41.0. The van der Waals surface area contributed by atoms with Gasteiger partial charge in [-0.3, -0.25) is 14.9 Å². The molecule has 2 fully saturated rings. The van der Waals surface area contributed by atoms with E-state index < -0.39 is 36.4 Å². The number of halogens is 9. The first-order valence-corrected chi connectivity index (χ1v) is 13.3. The standard InChI is InChI=1S/C21H27N3O2.3C2HF3O2/c1-2-9-23-19(5-1)15-25-16-20-12-21(17-26-20)6-10-24(11-7-21)14-18-4-3-8-22-13-18;3*3-2(4,5)1(6)7/h1-5,8-9,13,20H,6-7,10-12,14-17H2;3*(H,6,7). The van der Waals surface area contributed by atoms with Crippen molar-refractivity contribution in [3.05, 3.63) is 60.2 Å². The fraction of sp³-hybridized carbons (Fsp3) is 0.519. The Morgan fingerprint density at radius 2 is 1.38 bits per heavy atom. The van der Waals surface area contributed by atoms with Gasteiger partial charge in [-0.1, -0.05) is 12.1 Å². The minimum absolute atomic E-state index is 0.226. The summed E-state index contributed by atoms with van der Waals surface area (Å²) in [5, 5.41) is 21.4. The molecule has 264 valence electrons. The zero-order valence-electron chi connectivity index (χ0n) is 24.2. The van der Waals surface area contributed by atoms with Crippen molar-refractivity contribution in [1.29, 1.82) is 0 Å². The summed E-state index contributed by atoms with van der Waals surface area (Å²) in [5.74, 6) is -8.27. The molecule has 0 saturated carbocycles.